The minimum atomic E-state index is -4.21. The van der Waals surface area contributed by atoms with Crippen LogP contribution >= 0.6 is 0 Å². The van der Waals surface area contributed by atoms with Gasteiger partial charge in [-0.3, -0.25) is 4.90 Å². The molecule has 0 saturated carbocycles. The van der Waals surface area contributed by atoms with Gasteiger partial charge in [0.05, 0.1) is 13.2 Å². The highest BCUT2D eigenvalue weighted by atomic mass is 19.4. The molecule has 0 unspecified atom stereocenters. The molecule has 1 aromatic carbocycles. The van der Waals surface area contributed by atoms with Crippen LogP contribution in [0.3, 0.4) is 0 Å². The smallest absolute Gasteiger partial charge is 0.401 e. The average molecular weight is 359 g/mol. The Kier molecular flexibility index (Phi) is 6.92. The van der Waals surface area contributed by atoms with Crippen molar-refractivity contribution in [2.75, 3.05) is 39.3 Å². The average Bonchev–Trinajstić information content (AvgIpc) is 2.77. The number of benzene rings is 1. The maximum absolute atomic E-state index is 12.5. The molecule has 0 aliphatic carbocycles. The SMILES string of the molecule is CCOc1cccc(CNC(=O)N2CCCN(CC(F)(F)F)CC2)c1. The summed E-state index contributed by atoms with van der Waals surface area (Å²) in [5.74, 6) is 0.742. The van der Waals surface area contributed by atoms with Crippen molar-refractivity contribution in [1.82, 2.24) is 15.1 Å². The topological polar surface area (TPSA) is 44.8 Å². The van der Waals surface area contributed by atoms with E-state index in [1.165, 1.54) is 4.90 Å². The zero-order chi connectivity index (χ0) is 18.3. The van der Waals surface area contributed by atoms with E-state index in [-0.39, 0.29) is 12.6 Å². The van der Waals surface area contributed by atoms with Gasteiger partial charge in [0.1, 0.15) is 5.75 Å². The van der Waals surface area contributed by atoms with E-state index in [1.807, 2.05) is 31.2 Å². The second-order valence-corrected chi connectivity index (χ2v) is 5.97. The molecule has 1 fully saturated rings. The molecular formula is C17H24F3N3O2. The Morgan fingerprint density at radius 3 is 2.76 bits per heavy atom. The number of rotatable bonds is 5. The van der Waals surface area contributed by atoms with E-state index in [0.717, 1.165) is 11.3 Å². The highest BCUT2D eigenvalue weighted by Gasteiger charge is 2.31. The molecule has 1 saturated heterocycles. The standard InChI is InChI=1S/C17H24F3N3O2/c1-2-25-15-6-3-5-14(11-15)12-21-16(24)23-8-4-7-22(9-10-23)13-17(18,19)20/h3,5-6,11H,2,4,7-10,12-13H2,1H3,(H,21,24). The quantitative estimate of drug-likeness (QED) is 0.879. The maximum Gasteiger partial charge on any atom is 0.401 e. The molecule has 1 aromatic rings. The zero-order valence-electron chi connectivity index (χ0n) is 14.3. The van der Waals surface area contributed by atoms with Gasteiger partial charge < -0.3 is 15.0 Å². The molecule has 0 bridgehead atoms. The van der Waals surface area contributed by atoms with Crippen LogP contribution in [0, 0.1) is 0 Å². The lowest BCUT2D eigenvalue weighted by molar-refractivity contribution is -0.145. The first kappa shape index (κ1) is 19.4. The minimum absolute atomic E-state index is 0.229. The van der Waals surface area contributed by atoms with Gasteiger partial charge in [-0.25, -0.2) is 4.79 Å². The van der Waals surface area contributed by atoms with Crippen molar-refractivity contribution in [2.24, 2.45) is 0 Å². The number of carbonyl (C=O) groups is 1. The number of nitrogens with zero attached hydrogens (tertiary/aromatic N) is 2. The van der Waals surface area contributed by atoms with E-state index in [1.54, 1.807) is 4.90 Å². The van der Waals surface area contributed by atoms with Crippen molar-refractivity contribution >= 4 is 6.03 Å². The Morgan fingerprint density at radius 1 is 1.24 bits per heavy atom. The zero-order valence-corrected chi connectivity index (χ0v) is 14.3. The van der Waals surface area contributed by atoms with Crippen LogP contribution in [0.25, 0.3) is 0 Å². The molecule has 2 rings (SSSR count). The Balaban J connectivity index is 1.82. The molecule has 0 aromatic heterocycles. The van der Waals surface area contributed by atoms with E-state index >= 15 is 0 Å². The number of hydrogen-bond donors (Lipinski definition) is 1. The van der Waals surface area contributed by atoms with E-state index in [0.29, 0.717) is 39.2 Å². The summed E-state index contributed by atoms with van der Waals surface area (Å²) in [4.78, 5) is 15.2. The molecule has 0 spiro atoms. The van der Waals surface area contributed by atoms with Crippen molar-refractivity contribution in [1.29, 1.82) is 0 Å². The van der Waals surface area contributed by atoms with Gasteiger partial charge in [-0.15, -0.1) is 0 Å². The maximum atomic E-state index is 12.5. The first-order chi connectivity index (χ1) is 11.9. The molecule has 0 radical (unpaired) electrons. The molecule has 1 heterocycles. The summed E-state index contributed by atoms with van der Waals surface area (Å²) in [6.07, 6.45) is -3.67. The number of urea groups is 1. The van der Waals surface area contributed by atoms with Crippen LogP contribution in [0.2, 0.25) is 0 Å². The molecule has 1 aliphatic rings. The summed E-state index contributed by atoms with van der Waals surface area (Å²) in [5.41, 5.74) is 0.910. The number of nitrogens with one attached hydrogen (secondary N) is 1. The predicted octanol–water partition coefficient (Wildman–Crippen LogP) is 2.86. The lowest BCUT2D eigenvalue weighted by Gasteiger charge is -2.23. The van der Waals surface area contributed by atoms with Gasteiger partial charge in [0, 0.05) is 32.7 Å². The van der Waals surface area contributed by atoms with Crippen LogP contribution in [0.1, 0.15) is 18.9 Å². The van der Waals surface area contributed by atoms with Crippen LogP contribution in [0.4, 0.5) is 18.0 Å². The van der Waals surface area contributed by atoms with Crippen molar-refractivity contribution < 1.29 is 22.7 Å². The van der Waals surface area contributed by atoms with E-state index in [4.69, 9.17) is 4.74 Å². The molecular weight excluding hydrogens is 335 g/mol. The molecule has 140 valence electrons. The fourth-order valence-electron chi connectivity index (χ4n) is 2.79. The Labute approximate surface area is 145 Å². The molecule has 1 aliphatic heterocycles. The Bertz CT molecular complexity index is 566. The van der Waals surface area contributed by atoms with Gasteiger partial charge in [0.15, 0.2) is 0 Å². The molecule has 25 heavy (non-hydrogen) atoms. The first-order valence-corrected chi connectivity index (χ1v) is 8.41. The minimum Gasteiger partial charge on any atom is -0.494 e. The van der Waals surface area contributed by atoms with E-state index in [2.05, 4.69) is 5.32 Å². The molecule has 8 heteroatoms. The summed E-state index contributed by atoms with van der Waals surface area (Å²) in [5, 5.41) is 2.82. The highest BCUT2D eigenvalue weighted by Crippen LogP contribution is 2.18. The first-order valence-electron chi connectivity index (χ1n) is 8.41. The molecule has 1 N–H and O–H groups in total. The van der Waals surface area contributed by atoms with Crippen LogP contribution < -0.4 is 10.1 Å². The third kappa shape index (κ3) is 6.81. The number of carbonyl (C=O) groups excluding carboxylic acids is 1. The number of amides is 2. The predicted molar refractivity (Wildman–Crippen MR) is 88.5 cm³/mol. The van der Waals surface area contributed by atoms with Gasteiger partial charge in [0.2, 0.25) is 0 Å². The Hall–Kier alpha value is -1.96. The summed E-state index contributed by atoms with van der Waals surface area (Å²) < 4.78 is 42.9. The second kappa shape index (κ2) is 8.94. The highest BCUT2D eigenvalue weighted by molar-refractivity contribution is 5.74. The molecule has 0 atom stereocenters. The normalized spacial score (nSPS) is 16.4. The molecule has 2 amide bonds. The van der Waals surface area contributed by atoms with Gasteiger partial charge in [-0.1, -0.05) is 12.1 Å². The number of ether oxygens (including phenoxy) is 1. The third-order valence-electron chi connectivity index (χ3n) is 3.93. The number of halogens is 3. The van der Waals surface area contributed by atoms with Crippen LogP contribution in [-0.4, -0.2) is 61.3 Å². The summed E-state index contributed by atoms with van der Waals surface area (Å²) in [7, 11) is 0. The van der Waals surface area contributed by atoms with E-state index in [9.17, 15) is 18.0 Å². The monoisotopic (exact) mass is 359 g/mol. The van der Waals surface area contributed by atoms with E-state index < -0.39 is 12.7 Å². The van der Waals surface area contributed by atoms with Gasteiger partial charge in [-0.2, -0.15) is 13.2 Å². The summed E-state index contributed by atoms with van der Waals surface area (Å²) >= 11 is 0. The van der Waals surface area contributed by atoms with Crippen LogP contribution in [0.15, 0.2) is 24.3 Å². The lowest BCUT2D eigenvalue weighted by atomic mass is 10.2. The number of alkyl halides is 3. The second-order valence-electron chi connectivity index (χ2n) is 5.97. The fourth-order valence-corrected chi connectivity index (χ4v) is 2.79. The van der Waals surface area contributed by atoms with Crippen LogP contribution in [-0.2, 0) is 6.54 Å². The fraction of sp³-hybridized carbons (Fsp3) is 0.588. The Morgan fingerprint density at radius 2 is 2.04 bits per heavy atom. The van der Waals surface area contributed by atoms with Crippen molar-refractivity contribution in [3.8, 4) is 5.75 Å². The summed E-state index contributed by atoms with van der Waals surface area (Å²) in [6.45, 7) is 3.22. The van der Waals surface area contributed by atoms with Gasteiger partial charge in [0.25, 0.3) is 0 Å². The van der Waals surface area contributed by atoms with Crippen molar-refractivity contribution in [2.45, 2.75) is 26.1 Å². The van der Waals surface area contributed by atoms with Crippen molar-refractivity contribution in [3.05, 3.63) is 29.8 Å². The largest absolute Gasteiger partial charge is 0.494 e. The van der Waals surface area contributed by atoms with Gasteiger partial charge in [-0.05, 0) is 31.0 Å². The third-order valence-corrected chi connectivity index (χ3v) is 3.93. The lowest BCUT2D eigenvalue weighted by Crippen LogP contribution is -2.42. The number of hydrogen-bond acceptors (Lipinski definition) is 3. The summed E-state index contributed by atoms with van der Waals surface area (Å²) in [6, 6.07) is 7.19. The van der Waals surface area contributed by atoms with Gasteiger partial charge >= 0.3 is 12.2 Å². The molecule has 5 nitrogen and oxygen atoms in total. The van der Waals surface area contributed by atoms with Crippen LogP contribution in [0.5, 0.6) is 5.75 Å². The van der Waals surface area contributed by atoms with Crippen molar-refractivity contribution in [3.63, 3.8) is 0 Å².